The molecule has 0 saturated carbocycles. The lowest BCUT2D eigenvalue weighted by atomic mass is 10.1. The van der Waals surface area contributed by atoms with Crippen molar-refractivity contribution in [3.05, 3.63) is 47.7 Å². The molecule has 6 nitrogen and oxygen atoms in total. The van der Waals surface area contributed by atoms with E-state index in [-0.39, 0.29) is 11.7 Å². The van der Waals surface area contributed by atoms with Crippen LogP contribution in [-0.4, -0.2) is 47.0 Å². The highest BCUT2D eigenvalue weighted by molar-refractivity contribution is 6.04. The number of rotatable bonds is 6. The van der Waals surface area contributed by atoms with E-state index in [4.69, 9.17) is 0 Å². The van der Waals surface area contributed by atoms with Gasteiger partial charge in [0.25, 0.3) is 5.91 Å². The molecule has 0 aliphatic heterocycles. The number of nitrogens with one attached hydrogen (secondary N) is 1. The molecule has 1 N–H and O–H groups in total. The van der Waals surface area contributed by atoms with E-state index in [1.165, 1.54) is 6.92 Å². The molecule has 1 amide bonds. The highest BCUT2D eigenvalue weighted by atomic mass is 16.1. The molecule has 0 fully saturated rings. The molecule has 1 aromatic heterocycles. The molecule has 1 heterocycles. The second-order valence-corrected chi connectivity index (χ2v) is 5.35. The van der Waals surface area contributed by atoms with Gasteiger partial charge in [-0.05, 0) is 33.2 Å². The molecule has 0 aliphatic rings. The molecule has 0 radical (unpaired) electrons. The second-order valence-electron chi connectivity index (χ2n) is 5.35. The Labute approximate surface area is 129 Å². The van der Waals surface area contributed by atoms with Gasteiger partial charge in [-0.2, -0.15) is 5.10 Å². The molecular formula is C16H20N4O2. The van der Waals surface area contributed by atoms with E-state index in [0.29, 0.717) is 16.9 Å². The number of likely N-dealkylation sites (N-methyl/N-ethyl adjacent to an activating group) is 1. The van der Waals surface area contributed by atoms with Crippen LogP contribution in [0.3, 0.4) is 0 Å². The number of hydrogen-bond acceptors (Lipinski definition) is 4. The van der Waals surface area contributed by atoms with Crippen molar-refractivity contribution in [3.8, 4) is 0 Å². The van der Waals surface area contributed by atoms with Crippen LogP contribution in [0, 0.1) is 0 Å². The van der Waals surface area contributed by atoms with E-state index >= 15 is 0 Å². The first-order chi connectivity index (χ1) is 10.5. The SMILES string of the molecule is CC(=O)c1ccc(C(=O)Nc2ccn(CCN(C)C)n2)cc1. The van der Waals surface area contributed by atoms with E-state index < -0.39 is 0 Å². The largest absolute Gasteiger partial charge is 0.308 e. The van der Waals surface area contributed by atoms with Gasteiger partial charge in [-0.15, -0.1) is 0 Å². The van der Waals surface area contributed by atoms with E-state index in [2.05, 4.69) is 15.3 Å². The van der Waals surface area contributed by atoms with Gasteiger partial charge in [-0.3, -0.25) is 14.3 Å². The average Bonchev–Trinajstić information content (AvgIpc) is 2.92. The van der Waals surface area contributed by atoms with Crippen LogP contribution in [0.15, 0.2) is 36.5 Å². The van der Waals surface area contributed by atoms with Crippen molar-refractivity contribution >= 4 is 17.5 Å². The zero-order valence-corrected chi connectivity index (χ0v) is 13.0. The Morgan fingerprint density at radius 2 is 1.77 bits per heavy atom. The Morgan fingerprint density at radius 1 is 1.14 bits per heavy atom. The summed E-state index contributed by atoms with van der Waals surface area (Å²) in [5.74, 6) is 0.249. The maximum atomic E-state index is 12.1. The molecule has 22 heavy (non-hydrogen) atoms. The molecule has 116 valence electrons. The second kappa shape index (κ2) is 7.00. The summed E-state index contributed by atoms with van der Waals surface area (Å²) in [6.07, 6.45) is 1.83. The van der Waals surface area contributed by atoms with Crippen molar-refractivity contribution in [2.45, 2.75) is 13.5 Å². The van der Waals surface area contributed by atoms with Crippen molar-refractivity contribution in [1.29, 1.82) is 0 Å². The van der Waals surface area contributed by atoms with Gasteiger partial charge in [-0.1, -0.05) is 12.1 Å². The maximum Gasteiger partial charge on any atom is 0.256 e. The molecule has 2 aromatic rings. The Balaban J connectivity index is 1.98. The number of nitrogens with zero attached hydrogens (tertiary/aromatic N) is 3. The van der Waals surface area contributed by atoms with E-state index in [1.54, 1.807) is 35.0 Å². The standard InChI is InChI=1S/C16H20N4O2/c1-12(21)13-4-6-14(7-5-13)16(22)17-15-8-9-20(18-15)11-10-19(2)3/h4-9H,10-11H2,1-3H3,(H,17,18,22). The number of hydrogen-bond donors (Lipinski definition) is 1. The monoisotopic (exact) mass is 300 g/mol. The summed E-state index contributed by atoms with van der Waals surface area (Å²) in [5, 5.41) is 7.04. The summed E-state index contributed by atoms with van der Waals surface area (Å²) in [6, 6.07) is 8.32. The number of anilines is 1. The number of Topliss-reactive ketones (excluding diaryl/α,β-unsaturated/α-hetero) is 1. The summed E-state index contributed by atoms with van der Waals surface area (Å²) in [6.45, 7) is 3.13. The van der Waals surface area contributed by atoms with Crippen molar-refractivity contribution < 1.29 is 9.59 Å². The molecule has 2 rings (SSSR count). The molecule has 0 aliphatic carbocycles. The number of benzene rings is 1. The maximum absolute atomic E-state index is 12.1. The number of carbonyl (C=O) groups is 2. The molecule has 1 aromatic carbocycles. The smallest absolute Gasteiger partial charge is 0.256 e. The van der Waals surface area contributed by atoms with Crippen LogP contribution in [0.1, 0.15) is 27.6 Å². The third-order valence-corrected chi connectivity index (χ3v) is 3.21. The molecule has 0 atom stereocenters. The summed E-state index contributed by atoms with van der Waals surface area (Å²) in [7, 11) is 3.99. The van der Waals surface area contributed by atoms with Crippen molar-refractivity contribution in [2.24, 2.45) is 0 Å². The molecular weight excluding hydrogens is 280 g/mol. The summed E-state index contributed by atoms with van der Waals surface area (Å²) in [5.41, 5.74) is 1.08. The van der Waals surface area contributed by atoms with E-state index in [1.807, 2.05) is 20.3 Å². The Kier molecular flexibility index (Phi) is 5.06. The lowest BCUT2D eigenvalue weighted by Crippen LogP contribution is -2.19. The highest BCUT2D eigenvalue weighted by Crippen LogP contribution is 2.09. The van der Waals surface area contributed by atoms with Crippen LogP contribution in [0.4, 0.5) is 5.82 Å². The number of amides is 1. The highest BCUT2D eigenvalue weighted by Gasteiger charge is 2.09. The first kappa shape index (κ1) is 15.9. The topological polar surface area (TPSA) is 67.2 Å². The van der Waals surface area contributed by atoms with Crippen LogP contribution >= 0.6 is 0 Å². The van der Waals surface area contributed by atoms with Crippen molar-refractivity contribution in [1.82, 2.24) is 14.7 Å². The Hall–Kier alpha value is -2.47. The van der Waals surface area contributed by atoms with Gasteiger partial charge in [0, 0.05) is 29.9 Å². The first-order valence-electron chi connectivity index (χ1n) is 7.06. The number of ketones is 1. The van der Waals surface area contributed by atoms with Crippen molar-refractivity contribution in [3.63, 3.8) is 0 Å². The van der Waals surface area contributed by atoms with Gasteiger partial charge in [0.2, 0.25) is 0 Å². The van der Waals surface area contributed by atoms with Gasteiger partial charge in [0.1, 0.15) is 0 Å². The van der Waals surface area contributed by atoms with Gasteiger partial charge in [0.05, 0.1) is 6.54 Å². The molecule has 0 unspecified atom stereocenters. The van der Waals surface area contributed by atoms with E-state index in [9.17, 15) is 9.59 Å². The fraction of sp³-hybridized carbons (Fsp3) is 0.312. The minimum Gasteiger partial charge on any atom is -0.308 e. The fourth-order valence-electron chi connectivity index (χ4n) is 1.90. The van der Waals surface area contributed by atoms with Gasteiger partial charge < -0.3 is 10.2 Å². The molecule has 0 saturated heterocycles. The van der Waals surface area contributed by atoms with Crippen LogP contribution in [0.25, 0.3) is 0 Å². The summed E-state index contributed by atoms with van der Waals surface area (Å²) in [4.78, 5) is 25.4. The first-order valence-corrected chi connectivity index (χ1v) is 7.06. The Bertz CT molecular complexity index is 659. The Morgan fingerprint density at radius 3 is 2.36 bits per heavy atom. The third kappa shape index (κ3) is 4.26. The zero-order chi connectivity index (χ0) is 16.1. The summed E-state index contributed by atoms with van der Waals surface area (Å²) >= 11 is 0. The minimum absolute atomic E-state index is 0.0217. The van der Waals surface area contributed by atoms with Gasteiger partial charge in [0.15, 0.2) is 11.6 Å². The van der Waals surface area contributed by atoms with Crippen LogP contribution in [0.2, 0.25) is 0 Å². The number of carbonyl (C=O) groups excluding carboxylic acids is 2. The molecule has 0 spiro atoms. The van der Waals surface area contributed by atoms with Crippen LogP contribution in [0.5, 0.6) is 0 Å². The van der Waals surface area contributed by atoms with Gasteiger partial charge >= 0.3 is 0 Å². The molecule has 6 heteroatoms. The summed E-state index contributed by atoms with van der Waals surface area (Å²) < 4.78 is 1.79. The minimum atomic E-state index is -0.243. The normalized spacial score (nSPS) is 10.7. The predicted molar refractivity (Wildman–Crippen MR) is 85.2 cm³/mol. The van der Waals surface area contributed by atoms with Crippen LogP contribution < -0.4 is 5.32 Å². The fourth-order valence-corrected chi connectivity index (χ4v) is 1.90. The third-order valence-electron chi connectivity index (χ3n) is 3.21. The predicted octanol–water partition coefficient (Wildman–Crippen LogP) is 1.90. The number of aromatic nitrogens is 2. The lowest BCUT2D eigenvalue weighted by Gasteiger charge is -2.08. The van der Waals surface area contributed by atoms with Crippen molar-refractivity contribution in [2.75, 3.05) is 26.0 Å². The average molecular weight is 300 g/mol. The van der Waals surface area contributed by atoms with E-state index in [0.717, 1.165) is 13.1 Å². The quantitative estimate of drug-likeness (QED) is 0.827. The molecule has 0 bridgehead atoms. The van der Waals surface area contributed by atoms with Gasteiger partial charge in [-0.25, -0.2) is 0 Å². The van der Waals surface area contributed by atoms with Crippen LogP contribution in [-0.2, 0) is 6.54 Å². The zero-order valence-electron chi connectivity index (χ0n) is 13.0. The lowest BCUT2D eigenvalue weighted by molar-refractivity contribution is 0.100.